The normalized spacial score (nSPS) is 12.2. The summed E-state index contributed by atoms with van der Waals surface area (Å²) in [6.07, 6.45) is 0.540. The van der Waals surface area contributed by atoms with Gasteiger partial charge in [0.1, 0.15) is 5.82 Å². The summed E-state index contributed by atoms with van der Waals surface area (Å²) in [6.45, 7) is 2.15. The van der Waals surface area contributed by atoms with E-state index < -0.39 is 11.8 Å². The van der Waals surface area contributed by atoms with Crippen LogP contribution < -0.4 is 10.2 Å². The van der Waals surface area contributed by atoms with Crippen molar-refractivity contribution in [2.45, 2.75) is 13.3 Å². The van der Waals surface area contributed by atoms with E-state index in [1.165, 1.54) is 24.5 Å². The Morgan fingerprint density at radius 1 is 0.973 bits per heavy atom. The molecule has 0 spiro atoms. The number of thiophene rings is 1. The summed E-state index contributed by atoms with van der Waals surface area (Å²) in [5, 5.41) is 2.71. The summed E-state index contributed by atoms with van der Waals surface area (Å²) < 4.78 is 19.0. The zero-order chi connectivity index (χ0) is 26.1. The standard InChI is InChI=1S/C29H23FN2O4S/c1-17-6-5-8-22(30)25(17)31-27(33)24-16-20-14-15-32(23-9-4-3-7-21(23)26(20)37-24)28(34)18-10-12-19(13-11-18)29(35)36-2/h3-13,16H,14-15H2,1-2H3,(H,31,33). The third-order valence-corrected chi connectivity index (χ3v) is 7.54. The molecular formula is C29H23FN2O4S. The Labute approximate surface area is 217 Å². The van der Waals surface area contributed by atoms with Gasteiger partial charge in [0.25, 0.3) is 11.8 Å². The third-order valence-electron chi connectivity index (χ3n) is 6.34. The molecule has 5 rings (SSSR count). The molecule has 2 amide bonds. The first kappa shape index (κ1) is 24.4. The Hall–Kier alpha value is -4.30. The molecular weight excluding hydrogens is 491 g/mol. The van der Waals surface area contributed by atoms with Crippen molar-refractivity contribution in [2.75, 3.05) is 23.9 Å². The van der Waals surface area contributed by atoms with Crippen molar-refractivity contribution in [3.63, 3.8) is 0 Å². The van der Waals surface area contributed by atoms with Crippen LogP contribution in [0.3, 0.4) is 0 Å². The van der Waals surface area contributed by atoms with Crippen molar-refractivity contribution < 1.29 is 23.5 Å². The van der Waals surface area contributed by atoms with Crippen LogP contribution in [0.1, 0.15) is 41.5 Å². The maximum Gasteiger partial charge on any atom is 0.337 e. The summed E-state index contributed by atoms with van der Waals surface area (Å²) >= 11 is 1.32. The zero-order valence-corrected chi connectivity index (χ0v) is 21.0. The summed E-state index contributed by atoms with van der Waals surface area (Å²) in [6, 6.07) is 20.4. The minimum atomic E-state index is -0.481. The van der Waals surface area contributed by atoms with Gasteiger partial charge in [-0.1, -0.05) is 30.3 Å². The van der Waals surface area contributed by atoms with Gasteiger partial charge in [-0.3, -0.25) is 9.59 Å². The molecule has 0 saturated carbocycles. The number of para-hydroxylation sites is 2. The number of anilines is 2. The molecule has 4 aromatic rings. The summed E-state index contributed by atoms with van der Waals surface area (Å²) in [7, 11) is 1.31. The second kappa shape index (κ2) is 9.99. The molecule has 0 unspecified atom stereocenters. The number of carbonyl (C=O) groups excluding carboxylic acids is 3. The Balaban J connectivity index is 1.45. The van der Waals surface area contributed by atoms with E-state index in [-0.39, 0.29) is 17.5 Å². The fourth-order valence-corrected chi connectivity index (χ4v) is 5.55. The highest BCUT2D eigenvalue weighted by Crippen LogP contribution is 2.42. The fourth-order valence-electron chi connectivity index (χ4n) is 4.41. The van der Waals surface area contributed by atoms with E-state index in [4.69, 9.17) is 4.74 Å². The number of benzene rings is 3. The molecule has 0 atom stereocenters. The fraction of sp³-hybridized carbons (Fsp3) is 0.138. The molecule has 1 aromatic heterocycles. The number of fused-ring (bicyclic) bond motifs is 3. The molecule has 0 aliphatic carbocycles. The molecule has 6 nitrogen and oxygen atoms in total. The van der Waals surface area contributed by atoms with E-state index in [2.05, 4.69) is 5.32 Å². The van der Waals surface area contributed by atoms with Crippen LogP contribution >= 0.6 is 11.3 Å². The molecule has 186 valence electrons. The van der Waals surface area contributed by atoms with E-state index in [0.717, 1.165) is 21.7 Å². The van der Waals surface area contributed by atoms with Crippen LogP contribution in [0.4, 0.5) is 15.8 Å². The number of hydrogen-bond acceptors (Lipinski definition) is 5. The molecule has 1 aliphatic rings. The van der Waals surface area contributed by atoms with E-state index >= 15 is 0 Å². The third kappa shape index (κ3) is 4.63. The second-order valence-electron chi connectivity index (χ2n) is 8.64. The smallest absolute Gasteiger partial charge is 0.337 e. The van der Waals surface area contributed by atoms with E-state index in [1.54, 1.807) is 48.2 Å². The first-order valence-electron chi connectivity index (χ1n) is 11.7. The van der Waals surface area contributed by atoms with Gasteiger partial charge in [-0.15, -0.1) is 11.3 Å². The van der Waals surface area contributed by atoms with Crippen LogP contribution in [0.25, 0.3) is 10.4 Å². The predicted molar refractivity (Wildman–Crippen MR) is 142 cm³/mol. The number of esters is 1. The monoisotopic (exact) mass is 514 g/mol. The van der Waals surface area contributed by atoms with Crippen LogP contribution in [-0.2, 0) is 11.2 Å². The molecule has 2 heterocycles. The van der Waals surface area contributed by atoms with Crippen LogP contribution in [-0.4, -0.2) is 31.4 Å². The Kier molecular flexibility index (Phi) is 6.58. The lowest BCUT2D eigenvalue weighted by Gasteiger charge is -2.23. The molecule has 1 N–H and O–H groups in total. The average molecular weight is 515 g/mol. The van der Waals surface area contributed by atoms with Crippen molar-refractivity contribution >= 4 is 40.5 Å². The second-order valence-corrected chi connectivity index (χ2v) is 9.70. The highest BCUT2D eigenvalue weighted by molar-refractivity contribution is 7.17. The van der Waals surface area contributed by atoms with Gasteiger partial charge in [0, 0.05) is 22.5 Å². The number of methoxy groups -OCH3 is 1. The highest BCUT2D eigenvalue weighted by atomic mass is 32.1. The quantitative estimate of drug-likeness (QED) is 0.334. The molecule has 8 heteroatoms. The van der Waals surface area contributed by atoms with Gasteiger partial charge in [-0.05, 0) is 66.9 Å². The number of halogens is 1. The van der Waals surface area contributed by atoms with E-state index in [9.17, 15) is 18.8 Å². The minimum Gasteiger partial charge on any atom is -0.465 e. The minimum absolute atomic E-state index is 0.173. The van der Waals surface area contributed by atoms with E-state index in [1.807, 2.05) is 30.3 Å². The maximum absolute atomic E-state index is 14.3. The van der Waals surface area contributed by atoms with Crippen LogP contribution in [0.15, 0.2) is 72.8 Å². The Bertz CT molecular complexity index is 1510. The molecule has 0 saturated heterocycles. The molecule has 0 bridgehead atoms. The van der Waals surface area contributed by atoms with E-state index in [0.29, 0.717) is 34.5 Å². The Morgan fingerprint density at radius 2 is 1.70 bits per heavy atom. The number of nitrogens with zero attached hydrogens (tertiary/aromatic N) is 1. The lowest BCUT2D eigenvalue weighted by atomic mass is 10.1. The SMILES string of the molecule is COC(=O)c1ccc(C(=O)N2CCc3cc(C(=O)Nc4c(C)cccc4F)sc3-c3ccccc32)cc1. The summed E-state index contributed by atoms with van der Waals surface area (Å²) in [5.41, 5.74) is 4.17. The molecule has 1 aliphatic heterocycles. The lowest BCUT2D eigenvalue weighted by molar-refractivity contribution is 0.0600. The van der Waals surface area contributed by atoms with Gasteiger partial charge in [0.2, 0.25) is 0 Å². The van der Waals surface area contributed by atoms with Gasteiger partial charge >= 0.3 is 5.97 Å². The number of rotatable bonds is 4. The molecule has 37 heavy (non-hydrogen) atoms. The zero-order valence-electron chi connectivity index (χ0n) is 20.2. The largest absolute Gasteiger partial charge is 0.465 e. The summed E-state index contributed by atoms with van der Waals surface area (Å²) in [5.74, 6) is -1.51. The first-order valence-corrected chi connectivity index (χ1v) is 12.5. The number of aryl methyl sites for hydroxylation is 1. The lowest BCUT2D eigenvalue weighted by Crippen LogP contribution is -2.32. The number of ether oxygens (including phenoxy) is 1. The number of amides is 2. The van der Waals surface area contributed by atoms with Gasteiger partial charge in [0.15, 0.2) is 0 Å². The number of carbonyl (C=O) groups is 3. The molecule has 0 fully saturated rings. The van der Waals surface area contributed by atoms with Crippen LogP contribution in [0.2, 0.25) is 0 Å². The van der Waals surface area contributed by atoms with Gasteiger partial charge in [-0.2, -0.15) is 0 Å². The molecule has 0 radical (unpaired) electrons. The van der Waals surface area contributed by atoms with Gasteiger partial charge < -0.3 is 15.0 Å². The highest BCUT2D eigenvalue weighted by Gasteiger charge is 2.28. The summed E-state index contributed by atoms with van der Waals surface area (Å²) in [4.78, 5) is 41.4. The molecule has 3 aromatic carbocycles. The number of hydrogen-bond donors (Lipinski definition) is 1. The van der Waals surface area contributed by atoms with Gasteiger partial charge in [-0.25, -0.2) is 9.18 Å². The van der Waals surface area contributed by atoms with Gasteiger partial charge in [0.05, 0.1) is 28.9 Å². The first-order chi connectivity index (χ1) is 17.9. The number of nitrogens with one attached hydrogen (secondary N) is 1. The van der Waals surface area contributed by atoms with Crippen LogP contribution in [0, 0.1) is 12.7 Å². The van der Waals surface area contributed by atoms with Crippen molar-refractivity contribution in [3.05, 3.63) is 106 Å². The van der Waals surface area contributed by atoms with Crippen LogP contribution in [0.5, 0.6) is 0 Å². The Morgan fingerprint density at radius 3 is 2.43 bits per heavy atom. The predicted octanol–water partition coefficient (Wildman–Crippen LogP) is 6.10. The average Bonchev–Trinajstić information content (AvgIpc) is 3.28. The van der Waals surface area contributed by atoms with Crippen molar-refractivity contribution in [1.29, 1.82) is 0 Å². The van der Waals surface area contributed by atoms with Crippen molar-refractivity contribution in [2.24, 2.45) is 0 Å². The van der Waals surface area contributed by atoms with Crippen molar-refractivity contribution in [1.82, 2.24) is 0 Å². The maximum atomic E-state index is 14.3. The van der Waals surface area contributed by atoms with Crippen molar-refractivity contribution in [3.8, 4) is 10.4 Å². The topological polar surface area (TPSA) is 75.7 Å².